The summed E-state index contributed by atoms with van der Waals surface area (Å²) < 4.78 is 1.75. The van der Waals surface area contributed by atoms with Crippen molar-refractivity contribution >= 4 is 11.8 Å². The van der Waals surface area contributed by atoms with Crippen molar-refractivity contribution in [2.24, 2.45) is 7.05 Å². The van der Waals surface area contributed by atoms with E-state index in [2.05, 4.69) is 17.3 Å². The van der Waals surface area contributed by atoms with Gasteiger partial charge in [-0.15, -0.1) is 0 Å². The van der Waals surface area contributed by atoms with Gasteiger partial charge in [-0.1, -0.05) is 82.2 Å². The molecule has 0 saturated heterocycles. The molecule has 0 aliphatic rings. The molecule has 0 fully saturated rings. The molecule has 0 unspecified atom stereocenters. The lowest BCUT2D eigenvalue weighted by Crippen LogP contribution is -2.38. The summed E-state index contributed by atoms with van der Waals surface area (Å²) in [6.07, 6.45) is 10.1. The standard InChI is InChI=1S/C22H34N4O/c1-4-5-6-7-8-9-10-14-17-23-22(27)25(2)21-18-20(24-26(21)3)19-15-12-11-13-16-19/h11-13,15-16,18H,4-10,14,17H2,1-3H3,(H,23,27). The Morgan fingerprint density at radius 1 is 1.04 bits per heavy atom. The van der Waals surface area contributed by atoms with E-state index < -0.39 is 0 Å². The van der Waals surface area contributed by atoms with Crippen molar-refractivity contribution in [2.45, 2.75) is 58.3 Å². The zero-order chi connectivity index (χ0) is 19.5. The highest BCUT2D eigenvalue weighted by Crippen LogP contribution is 2.23. The van der Waals surface area contributed by atoms with E-state index in [0.29, 0.717) is 0 Å². The van der Waals surface area contributed by atoms with Crippen LogP contribution in [0, 0.1) is 0 Å². The van der Waals surface area contributed by atoms with Gasteiger partial charge in [-0.25, -0.2) is 4.79 Å². The number of nitrogens with zero attached hydrogens (tertiary/aromatic N) is 3. The molecule has 2 rings (SSSR count). The number of carbonyl (C=O) groups is 1. The maximum absolute atomic E-state index is 12.4. The van der Waals surface area contributed by atoms with Gasteiger partial charge in [0.2, 0.25) is 0 Å². The number of nitrogens with one attached hydrogen (secondary N) is 1. The summed E-state index contributed by atoms with van der Waals surface area (Å²) in [6, 6.07) is 11.9. The van der Waals surface area contributed by atoms with Crippen molar-refractivity contribution in [1.82, 2.24) is 15.1 Å². The van der Waals surface area contributed by atoms with E-state index in [4.69, 9.17) is 0 Å². The maximum atomic E-state index is 12.4. The first-order valence-corrected chi connectivity index (χ1v) is 10.2. The number of urea groups is 1. The highest BCUT2D eigenvalue weighted by atomic mass is 16.2. The van der Waals surface area contributed by atoms with Gasteiger partial charge in [-0.05, 0) is 6.42 Å². The van der Waals surface area contributed by atoms with Crippen LogP contribution in [0.2, 0.25) is 0 Å². The molecule has 27 heavy (non-hydrogen) atoms. The highest BCUT2D eigenvalue weighted by Gasteiger charge is 2.16. The number of aryl methyl sites for hydroxylation is 1. The number of amides is 2. The molecule has 5 nitrogen and oxygen atoms in total. The van der Waals surface area contributed by atoms with Gasteiger partial charge in [-0.3, -0.25) is 9.58 Å². The molecule has 0 aliphatic heterocycles. The Kier molecular flexibility index (Phi) is 8.89. The van der Waals surface area contributed by atoms with E-state index >= 15 is 0 Å². The zero-order valence-electron chi connectivity index (χ0n) is 17.1. The molecule has 1 aromatic carbocycles. The molecule has 148 valence electrons. The van der Waals surface area contributed by atoms with Gasteiger partial charge in [0.05, 0.1) is 5.69 Å². The fourth-order valence-electron chi connectivity index (χ4n) is 3.20. The van der Waals surface area contributed by atoms with Crippen LogP contribution in [-0.4, -0.2) is 29.4 Å². The summed E-state index contributed by atoms with van der Waals surface area (Å²) >= 11 is 0. The monoisotopic (exact) mass is 370 g/mol. The second-order valence-electron chi connectivity index (χ2n) is 7.14. The number of anilines is 1. The number of hydrogen-bond acceptors (Lipinski definition) is 2. The third-order valence-electron chi connectivity index (χ3n) is 4.88. The molecule has 0 spiro atoms. The summed E-state index contributed by atoms with van der Waals surface area (Å²) in [5, 5.41) is 7.54. The van der Waals surface area contributed by atoms with Crippen molar-refractivity contribution in [2.75, 3.05) is 18.5 Å². The summed E-state index contributed by atoms with van der Waals surface area (Å²) in [7, 11) is 3.65. The number of unbranched alkanes of at least 4 members (excludes halogenated alkanes) is 7. The van der Waals surface area contributed by atoms with Gasteiger partial charge in [0.15, 0.2) is 0 Å². The van der Waals surface area contributed by atoms with E-state index in [1.807, 2.05) is 43.4 Å². The van der Waals surface area contributed by atoms with Crippen LogP contribution < -0.4 is 10.2 Å². The Bertz CT molecular complexity index is 681. The van der Waals surface area contributed by atoms with Crippen LogP contribution in [-0.2, 0) is 7.05 Å². The predicted octanol–water partition coefficient (Wildman–Crippen LogP) is 5.37. The second-order valence-corrected chi connectivity index (χ2v) is 7.14. The second kappa shape index (κ2) is 11.4. The molecule has 5 heteroatoms. The minimum Gasteiger partial charge on any atom is -0.338 e. The number of benzene rings is 1. The molecule has 2 amide bonds. The molecule has 1 heterocycles. The van der Waals surface area contributed by atoms with Crippen molar-refractivity contribution in [3.63, 3.8) is 0 Å². The molecule has 1 aromatic heterocycles. The van der Waals surface area contributed by atoms with Crippen LogP contribution in [0.1, 0.15) is 58.3 Å². The van der Waals surface area contributed by atoms with E-state index in [1.165, 1.54) is 44.9 Å². The number of hydrogen-bond donors (Lipinski definition) is 1. The Balaban J connectivity index is 1.73. The van der Waals surface area contributed by atoms with Crippen LogP contribution >= 0.6 is 0 Å². The van der Waals surface area contributed by atoms with Crippen molar-refractivity contribution in [3.8, 4) is 11.3 Å². The average Bonchev–Trinajstić information content (AvgIpc) is 3.08. The first-order chi connectivity index (χ1) is 13.1. The van der Waals surface area contributed by atoms with Gasteiger partial charge in [0, 0.05) is 32.3 Å². The predicted molar refractivity (Wildman–Crippen MR) is 113 cm³/mol. The van der Waals surface area contributed by atoms with E-state index in [1.54, 1.807) is 16.6 Å². The lowest BCUT2D eigenvalue weighted by atomic mass is 10.1. The Morgan fingerprint density at radius 3 is 2.33 bits per heavy atom. The fraction of sp³-hybridized carbons (Fsp3) is 0.545. The minimum atomic E-state index is -0.0828. The molecule has 0 bridgehead atoms. The summed E-state index contributed by atoms with van der Waals surface area (Å²) in [4.78, 5) is 14.1. The highest BCUT2D eigenvalue weighted by molar-refractivity contribution is 5.91. The maximum Gasteiger partial charge on any atom is 0.322 e. The number of carbonyl (C=O) groups excluding carboxylic acids is 1. The third-order valence-corrected chi connectivity index (χ3v) is 4.88. The summed E-state index contributed by atoms with van der Waals surface area (Å²) in [5.41, 5.74) is 1.92. The van der Waals surface area contributed by atoms with Crippen molar-refractivity contribution in [3.05, 3.63) is 36.4 Å². The smallest absolute Gasteiger partial charge is 0.322 e. The van der Waals surface area contributed by atoms with E-state index in [-0.39, 0.29) is 6.03 Å². The van der Waals surface area contributed by atoms with Crippen LogP contribution in [0.15, 0.2) is 36.4 Å². The van der Waals surface area contributed by atoms with E-state index in [9.17, 15) is 4.79 Å². The SMILES string of the molecule is CCCCCCCCCCNC(=O)N(C)c1cc(-c2ccccc2)nn1C. The third kappa shape index (κ3) is 6.74. The Morgan fingerprint density at radius 2 is 1.67 bits per heavy atom. The van der Waals surface area contributed by atoms with E-state index in [0.717, 1.165) is 30.0 Å². The Labute approximate surface area is 163 Å². The first kappa shape index (κ1) is 21.0. The van der Waals surface area contributed by atoms with Crippen LogP contribution in [0.25, 0.3) is 11.3 Å². The topological polar surface area (TPSA) is 50.2 Å². The lowest BCUT2D eigenvalue weighted by molar-refractivity contribution is 0.247. The van der Waals surface area contributed by atoms with Gasteiger partial charge in [-0.2, -0.15) is 5.10 Å². The first-order valence-electron chi connectivity index (χ1n) is 10.2. The van der Waals surface area contributed by atoms with Crippen molar-refractivity contribution < 1.29 is 4.79 Å². The summed E-state index contributed by atoms with van der Waals surface area (Å²) in [6.45, 7) is 2.97. The molecule has 0 radical (unpaired) electrons. The van der Waals surface area contributed by atoms with Crippen LogP contribution in [0.3, 0.4) is 0 Å². The quantitative estimate of drug-likeness (QED) is 0.540. The average molecular weight is 371 g/mol. The van der Waals surface area contributed by atoms with Gasteiger partial charge < -0.3 is 5.32 Å². The number of aromatic nitrogens is 2. The molecule has 2 aromatic rings. The largest absolute Gasteiger partial charge is 0.338 e. The van der Waals surface area contributed by atoms with Crippen molar-refractivity contribution in [1.29, 1.82) is 0 Å². The van der Waals surface area contributed by atoms with Crippen LogP contribution in [0.4, 0.5) is 10.6 Å². The zero-order valence-corrected chi connectivity index (χ0v) is 17.1. The molecular formula is C22H34N4O. The number of rotatable bonds is 11. The molecular weight excluding hydrogens is 336 g/mol. The summed E-state index contributed by atoms with van der Waals surface area (Å²) in [5.74, 6) is 0.780. The molecule has 0 atom stereocenters. The molecule has 0 aliphatic carbocycles. The molecule has 0 saturated carbocycles. The van der Waals surface area contributed by atoms with Gasteiger partial charge in [0.25, 0.3) is 0 Å². The Hall–Kier alpha value is -2.30. The molecule has 1 N–H and O–H groups in total. The van der Waals surface area contributed by atoms with Gasteiger partial charge >= 0.3 is 6.03 Å². The van der Waals surface area contributed by atoms with Gasteiger partial charge in [0.1, 0.15) is 5.82 Å². The lowest BCUT2D eigenvalue weighted by Gasteiger charge is -2.17. The normalized spacial score (nSPS) is 10.8. The van der Waals surface area contributed by atoms with Crippen LogP contribution in [0.5, 0.6) is 0 Å². The fourth-order valence-corrected chi connectivity index (χ4v) is 3.20. The minimum absolute atomic E-state index is 0.0828.